The minimum Gasteiger partial charge on any atom is -0.406 e. The van der Waals surface area contributed by atoms with Crippen molar-refractivity contribution >= 4 is 16.8 Å². The Morgan fingerprint density at radius 3 is 2.61 bits per heavy atom. The smallest absolute Gasteiger partial charge is 0.406 e. The van der Waals surface area contributed by atoms with Crippen molar-refractivity contribution in [3.8, 4) is 5.75 Å². The van der Waals surface area contributed by atoms with Gasteiger partial charge in [-0.1, -0.05) is 24.3 Å². The molecule has 0 atom stereocenters. The number of hydrogen-bond donors (Lipinski definition) is 1. The maximum absolute atomic E-state index is 12.4. The summed E-state index contributed by atoms with van der Waals surface area (Å²) in [5, 5.41) is 5.00. The highest BCUT2D eigenvalue weighted by atomic mass is 19.4. The highest BCUT2D eigenvalue weighted by Crippen LogP contribution is 2.24. The monoisotopic (exact) mass is 395 g/mol. The molecule has 3 aromatic rings. The first kappa shape index (κ1) is 19.6. The number of aromatic nitrogens is 2. The molecule has 0 saturated carbocycles. The number of hydrogen-bond acceptors (Lipinski definition) is 5. The summed E-state index contributed by atoms with van der Waals surface area (Å²) in [4.78, 5) is 17.2. The molecule has 0 bridgehead atoms. The van der Waals surface area contributed by atoms with Gasteiger partial charge in [0.1, 0.15) is 5.75 Å². The van der Waals surface area contributed by atoms with Gasteiger partial charge in [-0.05, 0) is 23.8 Å². The zero-order chi connectivity index (χ0) is 20.1. The van der Waals surface area contributed by atoms with Gasteiger partial charge in [-0.3, -0.25) is 9.48 Å². The molecule has 10 heteroatoms. The van der Waals surface area contributed by atoms with Crippen LogP contribution in [0.4, 0.5) is 13.2 Å². The second kappa shape index (κ2) is 8.28. The number of alkyl halides is 3. The fourth-order valence-electron chi connectivity index (χ4n) is 2.62. The number of methoxy groups -OCH3 is 1. The summed E-state index contributed by atoms with van der Waals surface area (Å²) in [6.07, 6.45) is -3.14. The molecule has 1 amide bonds. The van der Waals surface area contributed by atoms with E-state index in [1.165, 1.54) is 31.4 Å². The minimum atomic E-state index is -4.74. The molecule has 0 unspecified atom stereocenters. The van der Waals surface area contributed by atoms with Crippen molar-refractivity contribution in [2.75, 3.05) is 13.9 Å². The molecule has 0 radical (unpaired) electrons. The zero-order valence-electron chi connectivity index (χ0n) is 14.7. The Kier molecular flexibility index (Phi) is 5.81. The first-order valence-corrected chi connectivity index (χ1v) is 8.07. The molecule has 0 aliphatic carbocycles. The fourth-order valence-corrected chi connectivity index (χ4v) is 2.62. The van der Waals surface area contributed by atoms with E-state index in [0.29, 0.717) is 16.6 Å². The van der Waals surface area contributed by atoms with Crippen LogP contribution >= 0.6 is 0 Å². The molecular weight excluding hydrogens is 379 g/mol. The average molecular weight is 395 g/mol. The van der Waals surface area contributed by atoms with Gasteiger partial charge in [-0.25, -0.2) is 10.3 Å². The molecule has 0 saturated heterocycles. The van der Waals surface area contributed by atoms with Crippen molar-refractivity contribution in [2.45, 2.75) is 12.9 Å². The number of benzene rings is 2. The lowest BCUT2D eigenvalue weighted by molar-refractivity contribution is -0.274. The maximum Gasteiger partial charge on any atom is 0.573 e. The Labute approximate surface area is 157 Å². The van der Waals surface area contributed by atoms with E-state index in [2.05, 4.69) is 15.3 Å². The molecular formula is C18H16F3N3O4. The number of amides is 1. The van der Waals surface area contributed by atoms with Crippen molar-refractivity contribution in [1.82, 2.24) is 15.3 Å². The largest absolute Gasteiger partial charge is 0.573 e. The van der Waals surface area contributed by atoms with Gasteiger partial charge in [0.2, 0.25) is 0 Å². The highest BCUT2D eigenvalue weighted by molar-refractivity contribution is 6.05. The van der Waals surface area contributed by atoms with Crippen LogP contribution in [-0.4, -0.2) is 36.0 Å². The number of fused-ring (bicyclic) bond motifs is 1. The number of para-hydroxylation sites is 1. The molecule has 0 aliphatic heterocycles. The van der Waals surface area contributed by atoms with E-state index in [1.54, 1.807) is 29.1 Å². The lowest BCUT2D eigenvalue weighted by atomic mass is 10.1. The van der Waals surface area contributed by atoms with Gasteiger partial charge in [0.05, 0.1) is 23.8 Å². The van der Waals surface area contributed by atoms with E-state index in [0.717, 1.165) is 5.39 Å². The van der Waals surface area contributed by atoms with E-state index < -0.39 is 12.3 Å². The summed E-state index contributed by atoms with van der Waals surface area (Å²) in [5.41, 5.74) is 3.86. The van der Waals surface area contributed by atoms with Gasteiger partial charge < -0.3 is 9.47 Å². The van der Waals surface area contributed by atoms with Crippen LogP contribution < -0.4 is 10.2 Å². The third-order valence-electron chi connectivity index (χ3n) is 3.74. The Bertz CT molecular complexity index is 955. The second-order valence-corrected chi connectivity index (χ2v) is 5.72. The number of halogens is 3. The van der Waals surface area contributed by atoms with Crippen LogP contribution in [0.3, 0.4) is 0 Å². The first-order valence-electron chi connectivity index (χ1n) is 8.07. The second-order valence-electron chi connectivity index (χ2n) is 5.72. The van der Waals surface area contributed by atoms with E-state index in [-0.39, 0.29) is 19.1 Å². The van der Waals surface area contributed by atoms with E-state index in [4.69, 9.17) is 9.57 Å². The van der Waals surface area contributed by atoms with Crippen LogP contribution in [0.25, 0.3) is 10.9 Å². The molecule has 0 spiro atoms. The summed E-state index contributed by atoms with van der Waals surface area (Å²) in [7, 11) is 1.42. The van der Waals surface area contributed by atoms with Gasteiger partial charge in [0.15, 0.2) is 6.79 Å². The van der Waals surface area contributed by atoms with Crippen LogP contribution in [0, 0.1) is 0 Å². The molecule has 1 aromatic heterocycles. The Hall–Kier alpha value is -3.11. The van der Waals surface area contributed by atoms with Crippen molar-refractivity contribution in [3.63, 3.8) is 0 Å². The van der Waals surface area contributed by atoms with Crippen LogP contribution in [0.2, 0.25) is 0 Å². The van der Waals surface area contributed by atoms with Gasteiger partial charge >= 0.3 is 6.36 Å². The predicted octanol–water partition coefficient (Wildman–Crippen LogP) is 3.25. The van der Waals surface area contributed by atoms with Gasteiger partial charge in [-0.2, -0.15) is 5.10 Å². The van der Waals surface area contributed by atoms with Crippen LogP contribution in [-0.2, 0) is 16.1 Å². The molecule has 7 nitrogen and oxygen atoms in total. The van der Waals surface area contributed by atoms with E-state index >= 15 is 0 Å². The van der Waals surface area contributed by atoms with Gasteiger partial charge in [0.25, 0.3) is 5.91 Å². The number of hydroxylamine groups is 1. The molecule has 1 N–H and O–H groups in total. The van der Waals surface area contributed by atoms with Gasteiger partial charge in [0, 0.05) is 12.5 Å². The quantitative estimate of drug-likeness (QED) is 0.378. The number of carbonyl (C=O) groups is 1. The summed E-state index contributed by atoms with van der Waals surface area (Å²) < 4.78 is 46.9. The lowest BCUT2D eigenvalue weighted by Crippen LogP contribution is -2.25. The number of nitrogens with one attached hydrogen (secondary N) is 1. The predicted molar refractivity (Wildman–Crippen MR) is 92.4 cm³/mol. The molecule has 28 heavy (non-hydrogen) atoms. The van der Waals surface area contributed by atoms with Crippen molar-refractivity contribution in [3.05, 3.63) is 59.8 Å². The summed E-state index contributed by atoms with van der Waals surface area (Å²) in [5.74, 6) is -0.782. The summed E-state index contributed by atoms with van der Waals surface area (Å²) in [6.45, 7) is 0.145. The number of ether oxygens (including phenoxy) is 2. The van der Waals surface area contributed by atoms with Crippen LogP contribution in [0.15, 0.2) is 48.7 Å². The minimum absolute atomic E-state index is 0.104. The van der Waals surface area contributed by atoms with Gasteiger partial charge in [-0.15, -0.1) is 13.2 Å². The molecule has 1 heterocycles. The fraction of sp³-hybridized carbons (Fsp3) is 0.222. The Morgan fingerprint density at radius 1 is 1.18 bits per heavy atom. The Morgan fingerprint density at radius 2 is 1.93 bits per heavy atom. The molecule has 148 valence electrons. The molecule has 0 fully saturated rings. The van der Waals surface area contributed by atoms with Crippen molar-refractivity contribution < 1.29 is 32.3 Å². The summed E-state index contributed by atoms with van der Waals surface area (Å²) in [6, 6.07) is 10.6. The Balaban J connectivity index is 1.83. The number of nitrogens with zero attached hydrogens (tertiary/aromatic N) is 2. The molecule has 2 aromatic carbocycles. The first-order chi connectivity index (χ1) is 13.4. The molecule has 3 rings (SSSR count). The maximum atomic E-state index is 12.4. The van der Waals surface area contributed by atoms with Crippen LogP contribution in [0.1, 0.15) is 15.9 Å². The standard InChI is InChI=1S/C18H16F3N3O4/c1-26-11-27-23-17(25)15-4-2-3-13-9-22-24(16(13)15)10-12-5-7-14(8-6-12)28-18(19,20)21/h2-9H,10-11H2,1H3,(H,23,25). The van der Waals surface area contributed by atoms with Crippen molar-refractivity contribution in [1.29, 1.82) is 0 Å². The highest BCUT2D eigenvalue weighted by Gasteiger charge is 2.30. The topological polar surface area (TPSA) is 74.6 Å². The zero-order valence-corrected chi connectivity index (χ0v) is 14.7. The normalized spacial score (nSPS) is 11.6. The molecule has 0 aliphatic rings. The SMILES string of the molecule is COCONC(=O)c1cccc2cnn(Cc3ccc(OC(F)(F)F)cc3)c12. The van der Waals surface area contributed by atoms with Crippen molar-refractivity contribution in [2.24, 2.45) is 0 Å². The number of rotatable bonds is 7. The number of carbonyl (C=O) groups excluding carboxylic acids is 1. The average Bonchev–Trinajstić information content (AvgIpc) is 3.05. The van der Waals surface area contributed by atoms with Crippen LogP contribution in [0.5, 0.6) is 5.75 Å². The van der Waals surface area contributed by atoms with E-state index in [9.17, 15) is 18.0 Å². The summed E-state index contributed by atoms with van der Waals surface area (Å²) >= 11 is 0. The van der Waals surface area contributed by atoms with E-state index in [1.807, 2.05) is 0 Å². The third kappa shape index (κ3) is 4.78. The lowest BCUT2D eigenvalue weighted by Gasteiger charge is -2.11. The third-order valence-corrected chi connectivity index (χ3v) is 3.74.